The second-order valence-corrected chi connectivity index (χ2v) is 5.31. The molecule has 0 saturated carbocycles. The number of alkyl halides is 3. The van der Waals surface area contributed by atoms with Crippen molar-refractivity contribution < 1.29 is 17.9 Å². The highest BCUT2D eigenvalue weighted by Crippen LogP contribution is 2.36. The Morgan fingerprint density at radius 3 is 2.44 bits per heavy atom. The Kier molecular flexibility index (Phi) is 3.60. The molecule has 18 heavy (non-hydrogen) atoms. The van der Waals surface area contributed by atoms with Crippen LogP contribution in [0.25, 0.3) is 0 Å². The summed E-state index contributed by atoms with van der Waals surface area (Å²) in [6.07, 6.45) is -4.53. The predicted molar refractivity (Wildman–Crippen MR) is 66.5 cm³/mol. The minimum Gasteiger partial charge on any atom is -0.354 e. The van der Waals surface area contributed by atoms with E-state index in [4.69, 9.17) is 4.74 Å². The SMILES string of the molecule is CC1CN(c2cc(Br)cc(C(F)(F)F)c2)C(C)O1. The highest BCUT2D eigenvalue weighted by molar-refractivity contribution is 9.10. The Morgan fingerprint density at radius 1 is 1.28 bits per heavy atom. The summed E-state index contributed by atoms with van der Waals surface area (Å²) in [6, 6.07) is 3.91. The standard InChI is InChI=1S/C12H13BrF3NO/c1-7-6-17(8(2)18-7)11-4-9(12(14,15)16)3-10(13)5-11/h3-5,7-8H,6H2,1-2H3. The Bertz CT molecular complexity index is 449. The molecule has 2 rings (SSSR count). The van der Waals surface area contributed by atoms with E-state index < -0.39 is 11.7 Å². The molecule has 2 atom stereocenters. The number of hydrogen-bond acceptors (Lipinski definition) is 2. The van der Waals surface area contributed by atoms with E-state index in [1.54, 1.807) is 6.07 Å². The summed E-state index contributed by atoms with van der Waals surface area (Å²) in [5.74, 6) is 0. The zero-order chi connectivity index (χ0) is 13.5. The molecular formula is C12H13BrF3NO. The summed E-state index contributed by atoms with van der Waals surface area (Å²) in [5, 5.41) is 0. The van der Waals surface area contributed by atoms with Crippen LogP contribution in [-0.2, 0) is 10.9 Å². The van der Waals surface area contributed by atoms with Gasteiger partial charge in [-0.1, -0.05) is 15.9 Å². The van der Waals surface area contributed by atoms with Crippen LogP contribution in [0.4, 0.5) is 18.9 Å². The van der Waals surface area contributed by atoms with Crippen LogP contribution in [0.5, 0.6) is 0 Å². The van der Waals surface area contributed by atoms with Gasteiger partial charge in [0.1, 0.15) is 6.23 Å². The van der Waals surface area contributed by atoms with Crippen LogP contribution in [0.15, 0.2) is 22.7 Å². The molecule has 1 aliphatic rings. The fraction of sp³-hybridized carbons (Fsp3) is 0.500. The van der Waals surface area contributed by atoms with E-state index >= 15 is 0 Å². The molecule has 1 saturated heterocycles. The van der Waals surface area contributed by atoms with Crippen LogP contribution >= 0.6 is 15.9 Å². The third kappa shape index (κ3) is 2.80. The lowest BCUT2D eigenvalue weighted by molar-refractivity contribution is -0.137. The molecular weight excluding hydrogens is 311 g/mol. The highest BCUT2D eigenvalue weighted by Gasteiger charge is 2.33. The van der Waals surface area contributed by atoms with Gasteiger partial charge in [0.2, 0.25) is 0 Å². The molecule has 0 radical (unpaired) electrons. The fourth-order valence-electron chi connectivity index (χ4n) is 2.10. The van der Waals surface area contributed by atoms with Gasteiger partial charge >= 0.3 is 6.18 Å². The van der Waals surface area contributed by atoms with E-state index in [0.717, 1.165) is 12.1 Å². The second-order valence-electron chi connectivity index (χ2n) is 4.39. The first kappa shape index (κ1) is 13.7. The van der Waals surface area contributed by atoms with Gasteiger partial charge < -0.3 is 9.64 Å². The molecule has 6 heteroatoms. The molecule has 2 unspecified atom stereocenters. The van der Waals surface area contributed by atoms with Crippen LogP contribution in [0.2, 0.25) is 0 Å². The lowest BCUT2D eigenvalue weighted by Crippen LogP contribution is -2.27. The quantitative estimate of drug-likeness (QED) is 0.773. The monoisotopic (exact) mass is 323 g/mol. The lowest BCUT2D eigenvalue weighted by atomic mass is 10.1. The highest BCUT2D eigenvalue weighted by atomic mass is 79.9. The molecule has 2 nitrogen and oxygen atoms in total. The van der Waals surface area contributed by atoms with E-state index in [2.05, 4.69) is 15.9 Å². The molecule has 0 aliphatic carbocycles. The van der Waals surface area contributed by atoms with Crippen molar-refractivity contribution in [3.63, 3.8) is 0 Å². The third-order valence-corrected chi connectivity index (χ3v) is 3.32. The van der Waals surface area contributed by atoms with Gasteiger partial charge in [-0.05, 0) is 32.0 Å². The van der Waals surface area contributed by atoms with Gasteiger partial charge in [0.15, 0.2) is 0 Å². The van der Waals surface area contributed by atoms with E-state index in [9.17, 15) is 13.2 Å². The van der Waals surface area contributed by atoms with E-state index in [1.807, 2.05) is 18.7 Å². The maximum absolute atomic E-state index is 12.7. The first-order valence-corrected chi connectivity index (χ1v) is 6.36. The van der Waals surface area contributed by atoms with Crippen molar-refractivity contribution in [2.75, 3.05) is 11.4 Å². The van der Waals surface area contributed by atoms with Gasteiger partial charge in [-0.2, -0.15) is 13.2 Å². The van der Waals surface area contributed by atoms with Crippen molar-refractivity contribution in [3.05, 3.63) is 28.2 Å². The molecule has 1 aromatic rings. The average molecular weight is 324 g/mol. The molecule has 1 fully saturated rings. The zero-order valence-electron chi connectivity index (χ0n) is 9.96. The Balaban J connectivity index is 2.37. The molecule has 0 aromatic heterocycles. The van der Waals surface area contributed by atoms with E-state index in [1.165, 1.54) is 0 Å². The van der Waals surface area contributed by atoms with E-state index in [-0.39, 0.29) is 12.3 Å². The number of rotatable bonds is 1. The molecule has 1 heterocycles. The van der Waals surface area contributed by atoms with Gasteiger partial charge in [0.25, 0.3) is 0 Å². The van der Waals surface area contributed by atoms with Crippen LogP contribution < -0.4 is 4.90 Å². The Morgan fingerprint density at radius 2 is 1.94 bits per heavy atom. The Hall–Kier alpha value is -0.750. The number of nitrogens with zero attached hydrogens (tertiary/aromatic N) is 1. The number of hydrogen-bond donors (Lipinski definition) is 0. The number of halogens is 4. The first-order valence-electron chi connectivity index (χ1n) is 5.57. The van der Waals surface area contributed by atoms with Gasteiger partial charge in [0.05, 0.1) is 11.7 Å². The van der Waals surface area contributed by atoms with Crippen LogP contribution in [0.1, 0.15) is 19.4 Å². The third-order valence-electron chi connectivity index (χ3n) is 2.86. The zero-order valence-corrected chi connectivity index (χ0v) is 11.5. The number of ether oxygens (including phenoxy) is 1. The molecule has 0 spiro atoms. The van der Waals surface area contributed by atoms with Crippen LogP contribution in [0, 0.1) is 0 Å². The minimum absolute atomic E-state index is 0.0216. The molecule has 0 N–H and O–H groups in total. The summed E-state index contributed by atoms with van der Waals surface area (Å²) in [6.45, 7) is 4.33. The topological polar surface area (TPSA) is 12.5 Å². The van der Waals surface area contributed by atoms with Crippen LogP contribution in [0.3, 0.4) is 0 Å². The van der Waals surface area contributed by atoms with Gasteiger partial charge in [-0.25, -0.2) is 0 Å². The van der Waals surface area contributed by atoms with Crippen LogP contribution in [-0.4, -0.2) is 18.9 Å². The van der Waals surface area contributed by atoms with E-state index in [0.29, 0.717) is 16.7 Å². The molecule has 100 valence electrons. The van der Waals surface area contributed by atoms with Crippen molar-refractivity contribution >= 4 is 21.6 Å². The fourth-order valence-corrected chi connectivity index (χ4v) is 2.58. The summed E-state index contributed by atoms with van der Waals surface area (Å²) < 4.78 is 44.2. The van der Waals surface area contributed by atoms with Crippen molar-refractivity contribution in [2.45, 2.75) is 32.4 Å². The van der Waals surface area contributed by atoms with Crippen molar-refractivity contribution in [2.24, 2.45) is 0 Å². The summed E-state index contributed by atoms with van der Waals surface area (Å²) in [4.78, 5) is 1.82. The van der Waals surface area contributed by atoms with Crippen molar-refractivity contribution in [1.29, 1.82) is 0 Å². The van der Waals surface area contributed by atoms with Crippen molar-refractivity contribution in [3.8, 4) is 0 Å². The maximum Gasteiger partial charge on any atom is 0.416 e. The first-order chi connectivity index (χ1) is 8.27. The normalized spacial score (nSPS) is 24.7. The summed E-state index contributed by atoms with van der Waals surface area (Å²) >= 11 is 3.12. The second kappa shape index (κ2) is 4.74. The van der Waals surface area contributed by atoms with Crippen molar-refractivity contribution in [1.82, 2.24) is 0 Å². The lowest BCUT2D eigenvalue weighted by Gasteiger charge is -2.23. The number of anilines is 1. The van der Waals surface area contributed by atoms with Gasteiger partial charge in [0, 0.05) is 16.7 Å². The summed E-state index contributed by atoms with van der Waals surface area (Å²) in [7, 11) is 0. The largest absolute Gasteiger partial charge is 0.416 e. The molecule has 0 bridgehead atoms. The Labute approximate surface area is 112 Å². The molecule has 1 aromatic carbocycles. The smallest absolute Gasteiger partial charge is 0.354 e. The predicted octanol–water partition coefficient (Wildman–Crippen LogP) is 4.04. The molecule has 0 amide bonds. The van der Waals surface area contributed by atoms with Gasteiger partial charge in [-0.15, -0.1) is 0 Å². The van der Waals surface area contributed by atoms with Gasteiger partial charge in [-0.3, -0.25) is 0 Å². The average Bonchev–Trinajstić information content (AvgIpc) is 2.55. The minimum atomic E-state index is -4.34. The number of benzene rings is 1. The molecule has 1 aliphatic heterocycles. The summed E-state index contributed by atoms with van der Waals surface area (Å²) in [5.41, 5.74) is -0.132. The maximum atomic E-state index is 12.7.